The molecule has 100 valence electrons. The molecule has 1 rings (SSSR count). The molecular formula is C15H22FNO. The predicted molar refractivity (Wildman–Crippen MR) is 74.4 cm³/mol. The Balaban J connectivity index is 2.73. The molecule has 0 spiro atoms. The summed E-state index contributed by atoms with van der Waals surface area (Å²) in [5.74, 6) is 0.473. The lowest BCUT2D eigenvalue weighted by atomic mass is 10.0. The summed E-state index contributed by atoms with van der Waals surface area (Å²) in [6, 6.07) is 5.08. The molecule has 0 unspecified atom stereocenters. The van der Waals surface area contributed by atoms with E-state index in [1.807, 2.05) is 6.92 Å². The van der Waals surface area contributed by atoms with Crippen LogP contribution in [0.3, 0.4) is 0 Å². The molecule has 18 heavy (non-hydrogen) atoms. The van der Waals surface area contributed by atoms with Gasteiger partial charge in [-0.3, -0.25) is 0 Å². The van der Waals surface area contributed by atoms with Crippen molar-refractivity contribution in [1.82, 2.24) is 5.32 Å². The highest BCUT2D eigenvalue weighted by Gasteiger charge is 2.06. The maximum atomic E-state index is 13.2. The number of methoxy groups -OCH3 is 1. The number of benzene rings is 1. The summed E-state index contributed by atoms with van der Waals surface area (Å²) < 4.78 is 18.5. The van der Waals surface area contributed by atoms with E-state index in [9.17, 15) is 4.39 Å². The van der Waals surface area contributed by atoms with Crippen LogP contribution in [0.15, 0.2) is 24.3 Å². The summed E-state index contributed by atoms with van der Waals surface area (Å²) >= 11 is 0. The van der Waals surface area contributed by atoms with Gasteiger partial charge in [0.15, 0.2) is 0 Å². The van der Waals surface area contributed by atoms with Gasteiger partial charge in [-0.25, -0.2) is 4.39 Å². The van der Waals surface area contributed by atoms with Gasteiger partial charge in [0.1, 0.15) is 11.6 Å². The van der Waals surface area contributed by atoms with E-state index in [2.05, 4.69) is 25.2 Å². The summed E-state index contributed by atoms with van der Waals surface area (Å²) in [5.41, 5.74) is 1.86. The molecule has 3 heteroatoms. The van der Waals surface area contributed by atoms with Crippen molar-refractivity contribution in [3.63, 3.8) is 0 Å². The van der Waals surface area contributed by atoms with E-state index in [-0.39, 0.29) is 5.82 Å². The second-order valence-corrected chi connectivity index (χ2v) is 4.63. The first-order chi connectivity index (χ1) is 8.54. The smallest absolute Gasteiger partial charge is 0.126 e. The topological polar surface area (TPSA) is 21.3 Å². The first-order valence-corrected chi connectivity index (χ1v) is 6.28. The number of allylic oxidation sites excluding steroid dienone is 1. The highest BCUT2D eigenvalue weighted by molar-refractivity contribution is 5.69. The fourth-order valence-electron chi connectivity index (χ4n) is 1.76. The van der Waals surface area contributed by atoms with Crippen LogP contribution < -0.4 is 10.1 Å². The van der Waals surface area contributed by atoms with Gasteiger partial charge in [0.05, 0.1) is 7.11 Å². The van der Waals surface area contributed by atoms with Gasteiger partial charge in [-0.1, -0.05) is 19.9 Å². The summed E-state index contributed by atoms with van der Waals surface area (Å²) in [6.45, 7) is 7.14. The Labute approximate surface area is 109 Å². The lowest BCUT2D eigenvalue weighted by molar-refractivity contribution is 0.412. The Bertz CT molecular complexity index is 413. The van der Waals surface area contributed by atoms with Gasteiger partial charge < -0.3 is 10.1 Å². The van der Waals surface area contributed by atoms with Crippen molar-refractivity contribution in [2.45, 2.75) is 33.2 Å². The van der Waals surface area contributed by atoms with Gasteiger partial charge in [0.25, 0.3) is 0 Å². The van der Waals surface area contributed by atoms with Crippen LogP contribution in [0.25, 0.3) is 5.57 Å². The van der Waals surface area contributed by atoms with Gasteiger partial charge in [0.2, 0.25) is 0 Å². The van der Waals surface area contributed by atoms with Gasteiger partial charge in [-0.05, 0) is 43.7 Å². The fraction of sp³-hybridized carbons (Fsp3) is 0.467. The summed E-state index contributed by atoms with van der Waals surface area (Å²) in [7, 11) is 1.60. The number of hydrogen-bond donors (Lipinski definition) is 1. The summed E-state index contributed by atoms with van der Waals surface area (Å²) in [5, 5.41) is 3.34. The third-order valence-electron chi connectivity index (χ3n) is 2.73. The molecule has 1 N–H and O–H groups in total. The minimum absolute atomic E-state index is 0.237. The highest BCUT2D eigenvalue weighted by Crippen LogP contribution is 2.26. The second kappa shape index (κ2) is 7.17. The largest absolute Gasteiger partial charge is 0.496 e. The van der Waals surface area contributed by atoms with Gasteiger partial charge >= 0.3 is 0 Å². The highest BCUT2D eigenvalue weighted by atomic mass is 19.1. The molecule has 2 nitrogen and oxygen atoms in total. The van der Waals surface area contributed by atoms with Crippen LogP contribution in [0.2, 0.25) is 0 Å². The molecule has 0 aromatic heterocycles. The first-order valence-electron chi connectivity index (χ1n) is 6.28. The minimum atomic E-state index is -0.237. The van der Waals surface area contributed by atoms with Gasteiger partial charge in [-0.2, -0.15) is 0 Å². The van der Waals surface area contributed by atoms with E-state index in [4.69, 9.17) is 4.74 Å². The molecule has 0 saturated carbocycles. The van der Waals surface area contributed by atoms with Crippen LogP contribution in [0.5, 0.6) is 5.75 Å². The van der Waals surface area contributed by atoms with Crippen molar-refractivity contribution in [2.75, 3.05) is 13.7 Å². The average Bonchev–Trinajstić information content (AvgIpc) is 2.34. The van der Waals surface area contributed by atoms with Crippen molar-refractivity contribution >= 4 is 5.57 Å². The Morgan fingerprint density at radius 1 is 1.44 bits per heavy atom. The predicted octanol–water partition coefficient (Wildman–Crippen LogP) is 3.63. The van der Waals surface area contributed by atoms with E-state index in [1.54, 1.807) is 13.2 Å². The van der Waals surface area contributed by atoms with Crippen LogP contribution in [0.1, 0.15) is 32.8 Å². The molecule has 0 atom stereocenters. The maximum absolute atomic E-state index is 13.2. The number of nitrogens with one attached hydrogen (secondary N) is 1. The SMILES string of the molecule is COc1ccc(F)cc1/C(C)=C/CCNC(C)C. The van der Waals surface area contributed by atoms with Gasteiger partial charge in [0, 0.05) is 11.6 Å². The van der Waals surface area contributed by atoms with E-state index in [1.165, 1.54) is 12.1 Å². The molecular weight excluding hydrogens is 229 g/mol. The van der Waals surface area contributed by atoms with Crippen LogP contribution in [0, 0.1) is 5.82 Å². The lowest BCUT2D eigenvalue weighted by Crippen LogP contribution is -2.23. The standard InChI is InChI=1S/C15H22FNO/c1-11(2)17-9-5-6-12(3)14-10-13(16)7-8-15(14)18-4/h6-8,10-11,17H,5,9H2,1-4H3/b12-6+. The second-order valence-electron chi connectivity index (χ2n) is 4.63. The molecule has 0 amide bonds. The molecule has 0 aliphatic heterocycles. The monoisotopic (exact) mass is 251 g/mol. The summed E-state index contributed by atoms with van der Waals surface area (Å²) in [6.07, 6.45) is 3.02. The van der Waals surface area contributed by atoms with Crippen molar-refractivity contribution in [3.05, 3.63) is 35.7 Å². The van der Waals surface area contributed by atoms with Crippen LogP contribution in [0.4, 0.5) is 4.39 Å². The van der Waals surface area contributed by atoms with E-state index in [0.717, 1.165) is 24.1 Å². The number of rotatable bonds is 6. The molecule has 0 aliphatic carbocycles. The normalized spacial score (nSPS) is 12.0. The Morgan fingerprint density at radius 2 is 2.17 bits per heavy atom. The first kappa shape index (κ1) is 14.7. The zero-order chi connectivity index (χ0) is 13.5. The Hall–Kier alpha value is -1.35. The molecule has 1 aromatic rings. The molecule has 0 fully saturated rings. The third-order valence-corrected chi connectivity index (χ3v) is 2.73. The molecule has 0 radical (unpaired) electrons. The quantitative estimate of drug-likeness (QED) is 0.780. The van der Waals surface area contributed by atoms with E-state index >= 15 is 0 Å². The average molecular weight is 251 g/mol. The molecule has 0 saturated heterocycles. The van der Waals surface area contributed by atoms with Crippen molar-refractivity contribution in [2.24, 2.45) is 0 Å². The Kier molecular flexibility index (Phi) is 5.86. The third kappa shape index (κ3) is 4.49. The van der Waals surface area contributed by atoms with Crippen molar-refractivity contribution < 1.29 is 9.13 Å². The number of hydrogen-bond acceptors (Lipinski definition) is 2. The van der Waals surface area contributed by atoms with Crippen molar-refractivity contribution in [1.29, 1.82) is 0 Å². The molecule has 1 aromatic carbocycles. The maximum Gasteiger partial charge on any atom is 0.126 e. The van der Waals surface area contributed by atoms with E-state index in [0.29, 0.717) is 11.8 Å². The fourth-order valence-corrected chi connectivity index (χ4v) is 1.76. The minimum Gasteiger partial charge on any atom is -0.496 e. The zero-order valence-corrected chi connectivity index (χ0v) is 11.6. The Morgan fingerprint density at radius 3 is 2.78 bits per heavy atom. The summed E-state index contributed by atoms with van der Waals surface area (Å²) in [4.78, 5) is 0. The van der Waals surface area contributed by atoms with Gasteiger partial charge in [-0.15, -0.1) is 0 Å². The van der Waals surface area contributed by atoms with Crippen molar-refractivity contribution in [3.8, 4) is 5.75 Å². The van der Waals surface area contributed by atoms with Crippen LogP contribution >= 0.6 is 0 Å². The van der Waals surface area contributed by atoms with Crippen LogP contribution in [-0.4, -0.2) is 19.7 Å². The van der Waals surface area contributed by atoms with Crippen LogP contribution in [-0.2, 0) is 0 Å². The molecule has 0 aliphatic rings. The lowest BCUT2D eigenvalue weighted by Gasteiger charge is -2.10. The zero-order valence-electron chi connectivity index (χ0n) is 11.6. The molecule has 0 heterocycles. The van der Waals surface area contributed by atoms with E-state index < -0.39 is 0 Å². The molecule has 0 bridgehead atoms. The number of ether oxygens (including phenoxy) is 1. The number of halogens is 1.